The molecule has 230 valence electrons. The number of unbranched alkanes of at least 4 members (excludes halogenated alkanes) is 1. The number of rotatable bonds is 10. The van der Waals surface area contributed by atoms with E-state index in [-0.39, 0.29) is 5.41 Å². The predicted octanol–water partition coefficient (Wildman–Crippen LogP) is 13.4. The van der Waals surface area contributed by atoms with Crippen molar-refractivity contribution in [3.8, 4) is 44.5 Å². The van der Waals surface area contributed by atoms with Gasteiger partial charge in [-0.05, 0) is 122 Å². The third-order valence-corrected chi connectivity index (χ3v) is 9.82. The Morgan fingerprint density at radius 3 is 1.93 bits per heavy atom. The van der Waals surface area contributed by atoms with Crippen LogP contribution in [0.4, 0.5) is 0 Å². The lowest BCUT2D eigenvalue weighted by Crippen LogP contribution is -2.16. The second-order valence-electron chi connectivity index (χ2n) is 14.3. The molecule has 0 heteroatoms. The Labute approximate surface area is 272 Å². The SMILES string of the molecule is CCCCc1cccc(-c2c(-c3ccc(C(C)CC)cc3)cc(-c3ccccc3)c(C(C)(C)C)c2-c2cccc(C3CC3)c2)c1. The van der Waals surface area contributed by atoms with Crippen molar-refractivity contribution in [2.24, 2.45) is 0 Å². The van der Waals surface area contributed by atoms with Crippen molar-refractivity contribution in [3.05, 3.63) is 131 Å². The largest absolute Gasteiger partial charge is 0.0654 e. The second-order valence-corrected chi connectivity index (χ2v) is 14.3. The van der Waals surface area contributed by atoms with E-state index in [0.717, 1.165) is 12.8 Å². The summed E-state index contributed by atoms with van der Waals surface area (Å²) in [5, 5.41) is 0. The van der Waals surface area contributed by atoms with Crippen molar-refractivity contribution in [2.75, 3.05) is 0 Å². The fourth-order valence-corrected chi connectivity index (χ4v) is 6.98. The minimum atomic E-state index is -0.0798. The molecule has 1 unspecified atom stereocenters. The van der Waals surface area contributed by atoms with E-state index in [9.17, 15) is 0 Å². The highest BCUT2D eigenvalue weighted by molar-refractivity contribution is 6.00. The summed E-state index contributed by atoms with van der Waals surface area (Å²) in [6, 6.07) is 42.0. The molecule has 6 rings (SSSR count). The Kier molecular flexibility index (Phi) is 9.14. The van der Waals surface area contributed by atoms with Crippen LogP contribution in [0.25, 0.3) is 44.5 Å². The highest BCUT2D eigenvalue weighted by Gasteiger charge is 2.30. The molecule has 0 bridgehead atoms. The summed E-state index contributed by atoms with van der Waals surface area (Å²) in [5.74, 6) is 1.26. The normalized spacial score (nSPS) is 14.0. The second kappa shape index (κ2) is 13.2. The van der Waals surface area contributed by atoms with E-state index in [2.05, 4.69) is 151 Å². The van der Waals surface area contributed by atoms with E-state index in [1.165, 1.54) is 92.4 Å². The highest BCUT2D eigenvalue weighted by Crippen LogP contribution is 2.51. The van der Waals surface area contributed by atoms with Gasteiger partial charge in [0, 0.05) is 0 Å². The first-order valence-corrected chi connectivity index (χ1v) is 17.3. The predicted molar refractivity (Wildman–Crippen MR) is 196 cm³/mol. The average molecular weight is 591 g/mol. The summed E-state index contributed by atoms with van der Waals surface area (Å²) < 4.78 is 0. The van der Waals surface area contributed by atoms with E-state index in [1.54, 1.807) is 0 Å². The van der Waals surface area contributed by atoms with Crippen LogP contribution in [-0.2, 0) is 11.8 Å². The van der Waals surface area contributed by atoms with Crippen molar-refractivity contribution in [3.63, 3.8) is 0 Å². The fraction of sp³-hybridized carbons (Fsp3) is 0.333. The van der Waals surface area contributed by atoms with Crippen molar-refractivity contribution >= 4 is 0 Å². The summed E-state index contributed by atoms with van der Waals surface area (Å²) >= 11 is 0. The van der Waals surface area contributed by atoms with E-state index >= 15 is 0 Å². The molecule has 0 aliphatic heterocycles. The maximum Gasteiger partial charge on any atom is -0.00233 e. The third-order valence-electron chi connectivity index (χ3n) is 9.82. The van der Waals surface area contributed by atoms with Gasteiger partial charge in [-0.2, -0.15) is 0 Å². The van der Waals surface area contributed by atoms with Crippen molar-refractivity contribution in [1.82, 2.24) is 0 Å². The molecular weight excluding hydrogens is 540 g/mol. The topological polar surface area (TPSA) is 0 Å². The van der Waals surface area contributed by atoms with Crippen LogP contribution in [0.5, 0.6) is 0 Å². The van der Waals surface area contributed by atoms with Gasteiger partial charge in [-0.3, -0.25) is 0 Å². The minimum absolute atomic E-state index is 0.0798. The van der Waals surface area contributed by atoms with Crippen molar-refractivity contribution in [1.29, 1.82) is 0 Å². The lowest BCUT2D eigenvalue weighted by molar-refractivity contribution is 0.594. The summed E-state index contributed by atoms with van der Waals surface area (Å²) in [7, 11) is 0. The van der Waals surface area contributed by atoms with Crippen LogP contribution in [-0.4, -0.2) is 0 Å². The molecule has 0 nitrogen and oxygen atoms in total. The average Bonchev–Trinajstić information content (AvgIpc) is 3.92. The van der Waals surface area contributed by atoms with Gasteiger partial charge in [-0.25, -0.2) is 0 Å². The van der Waals surface area contributed by atoms with E-state index in [0.29, 0.717) is 11.8 Å². The maximum absolute atomic E-state index is 2.51. The number of benzene rings is 5. The first-order chi connectivity index (χ1) is 21.8. The molecule has 45 heavy (non-hydrogen) atoms. The maximum atomic E-state index is 2.51. The number of aryl methyl sites for hydroxylation is 1. The number of hydrogen-bond acceptors (Lipinski definition) is 0. The molecule has 1 fully saturated rings. The molecule has 1 aliphatic carbocycles. The molecular formula is C45H50. The Morgan fingerprint density at radius 1 is 0.644 bits per heavy atom. The molecule has 0 heterocycles. The quantitative estimate of drug-likeness (QED) is 0.152. The molecule has 1 saturated carbocycles. The number of hydrogen-bond donors (Lipinski definition) is 0. The van der Waals surface area contributed by atoms with Gasteiger partial charge in [0.2, 0.25) is 0 Å². The smallest absolute Gasteiger partial charge is 0.00233 e. The first-order valence-electron chi connectivity index (χ1n) is 17.3. The lowest BCUT2D eigenvalue weighted by atomic mass is 9.72. The molecule has 0 radical (unpaired) electrons. The molecule has 5 aromatic carbocycles. The molecule has 0 spiro atoms. The lowest BCUT2D eigenvalue weighted by Gasteiger charge is -2.31. The van der Waals surface area contributed by atoms with Gasteiger partial charge in [-0.1, -0.05) is 151 Å². The van der Waals surface area contributed by atoms with Crippen LogP contribution < -0.4 is 0 Å². The molecule has 0 N–H and O–H groups in total. The first kappa shape index (κ1) is 31.1. The van der Waals surface area contributed by atoms with E-state index < -0.39 is 0 Å². The zero-order chi connectivity index (χ0) is 31.6. The zero-order valence-electron chi connectivity index (χ0n) is 28.3. The monoisotopic (exact) mass is 590 g/mol. The van der Waals surface area contributed by atoms with Crippen LogP contribution >= 0.6 is 0 Å². The molecule has 1 aliphatic rings. The molecule has 0 aromatic heterocycles. The molecule has 1 atom stereocenters. The van der Waals surface area contributed by atoms with Crippen LogP contribution in [0.3, 0.4) is 0 Å². The Hall–Kier alpha value is -3.90. The van der Waals surface area contributed by atoms with E-state index in [1.807, 2.05) is 0 Å². The summed E-state index contributed by atoms with van der Waals surface area (Å²) in [6.45, 7) is 14.1. The minimum Gasteiger partial charge on any atom is -0.0654 e. The Morgan fingerprint density at radius 2 is 1.29 bits per heavy atom. The molecule has 0 amide bonds. The Balaban J connectivity index is 1.74. The molecule has 0 saturated heterocycles. The molecule has 5 aromatic rings. The van der Waals surface area contributed by atoms with Crippen LogP contribution in [0, 0.1) is 0 Å². The summed E-state index contributed by atoms with van der Waals surface area (Å²) in [4.78, 5) is 0. The van der Waals surface area contributed by atoms with Crippen molar-refractivity contribution < 1.29 is 0 Å². The standard InChI is InChI=1S/C45H50/c1-7-9-15-32-16-13-20-38(28-32)42-40(36-26-22-33(23-27-36)31(3)8-2)30-41(35-17-11-10-12-18-35)44(45(4,5)6)43(42)39-21-14-19-37(29-39)34-24-25-34/h10-14,16-23,26-31,34H,7-9,15,24-25H2,1-6H3. The van der Waals surface area contributed by atoms with Crippen LogP contribution in [0.15, 0.2) is 109 Å². The van der Waals surface area contributed by atoms with Crippen LogP contribution in [0.1, 0.15) is 108 Å². The zero-order valence-corrected chi connectivity index (χ0v) is 28.3. The van der Waals surface area contributed by atoms with Gasteiger partial charge in [0.25, 0.3) is 0 Å². The summed E-state index contributed by atoms with van der Waals surface area (Å²) in [6.07, 6.45) is 7.29. The van der Waals surface area contributed by atoms with Gasteiger partial charge >= 0.3 is 0 Å². The Bertz CT molecular complexity index is 1740. The van der Waals surface area contributed by atoms with E-state index in [4.69, 9.17) is 0 Å². The summed E-state index contributed by atoms with van der Waals surface area (Å²) in [5.41, 5.74) is 16.3. The third kappa shape index (κ3) is 6.72. The van der Waals surface area contributed by atoms with Gasteiger partial charge < -0.3 is 0 Å². The highest BCUT2D eigenvalue weighted by atomic mass is 14.3. The van der Waals surface area contributed by atoms with Gasteiger partial charge in [-0.15, -0.1) is 0 Å². The fourth-order valence-electron chi connectivity index (χ4n) is 6.98. The van der Waals surface area contributed by atoms with Crippen molar-refractivity contribution in [2.45, 2.75) is 97.3 Å². The van der Waals surface area contributed by atoms with Gasteiger partial charge in [0.15, 0.2) is 0 Å². The van der Waals surface area contributed by atoms with Crippen LogP contribution in [0.2, 0.25) is 0 Å². The van der Waals surface area contributed by atoms with Gasteiger partial charge in [0.1, 0.15) is 0 Å². The van der Waals surface area contributed by atoms with Gasteiger partial charge in [0.05, 0.1) is 0 Å².